The number of allylic oxidation sites excluding steroid dienone is 2. The van der Waals surface area contributed by atoms with E-state index in [-0.39, 0.29) is 0 Å². The zero-order chi connectivity index (χ0) is 12.2. The molecule has 0 atom stereocenters. The summed E-state index contributed by atoms with van der Waals surface area (Å²) >= 11 is 0. The van der Waals surface area contributed by atoms with Crippen LogP contribution in [0.5, 0.6) is 0 Å². The van der Waals surface area contributed by atoms with Crippen molar-refractivity contribution in [2.45, 2.75) is 41.0 Å². The van der Waals surface area contributed by atoms with Crippen LogP contribution >= 0.6 is 0 Å². The van der Waals surface area contributed by atoms with Crippen molar-refractivity contribution in [1.82, 2.24) is 4.98 Å². The second-order valence-corrected chi connectivity index (χ2v) is 5.38. The zero-order valence-electron chi connectivity index (χ0n) is 11.1. The summed E-state index contributed by atoms with van der Waals surface area (Å²) in [6.45, 7) is 10.9. The molecule has 1 rings (SSSR count). The van der Waals surface area contributed by atoms with Crippen molar-refractivity contribution < 1.29 is 0 Å². The van der Waals surface area contributed by atoms with E-state index in [2.05, 4.69) is 63.2 Å². The minimum absolute atomic E-state index is 0.325. The normalized spacial score (nSPS) is 13.1. The van der Waals surface area contributed by atoms with Crippen LogP contribution in [0.2, 0.25) is 0 Å². The Morgan fingerprint density at radius 1 is 1.12 bits per heavy atom. The van der Waals surface area contributed by atoms with Gasteiger partial charge in [-0.3, -0.25) is 0 Å². The maximum Gasteiger partial charge on any atom is 0.0453 e. The Labute approximate surface area is 99.3 Å². The van der Waals surface area contributed by atoms with Crippen LogP contribution in [0.1, 0.15) is 51.4 Å². The lowest BCUT2D eigenvalue weighted by molar-refractivity contribution is 0.411. The van der Waals surface area contributed by atoms with Crippen LogP contribution in [0.25, 0.3) is 12.2 Å². The van der Waals surface area contributed by atoms with E-state index in [9.17, 15) is 0 Å². The van der Waals surface area contributed by atoms with Gasteiger partial charge in [0.2, 0.25) is 0 Å². The number of H-pyrrole nitrogens is 1. The minimum Gasteiger partial charge on any atom is -0.361 e. The molecule has 0 aliphatic carbocycles. The maximum absolute atomic E-state index is 3.34. The summed E-state index contributed by atoms with van der Waals surface area (Å²) in [7, 11) is 0. The molecule has 1 nitrogen and oxygen atoms in total. The molecule has 0 saturated heterocycles. The van der Waals surface area contributed by atoms with Crippen molar-refractivity contribution in [3.63, 3.8) is 0 Å². The first-order valence-electron chi connectivity index (χ1n) is 5.93. The first-order chi connectivity index (χ1) is 7.48. The average molecular weight is 217 g/mol. The van der Waals surface area contributed by atoms with Gasteiger partial charge in [0.1, 0.15) is 0 Å². The molecule has 16 heavy (non-hydrogen) atoms. The van der Waals surface area contributed by atoms with E-state index in [1.165, 1.54) is 16.8 Å². The van der Waals surface area contributed by atoms with Gasteiger partial charge >= 0.3 is 0 Å². The minimum atomic E-state index is 0.325. The average Bonchev–Trinajstić information content (AvgIpc) is 2.49. The van der Waals surface area contributed by atoms with Crippen LogP contribution in [-0.2, 0) is 6.42 Å². The van der Waals surface area contributed by atoms with Crippen LogP contribution < -0.4 is 0 Å². The highest BCUT2D eigenvalue weighted by Crippen LogP contribution is 2.26. The van der Waals surface area contributed by atoms with Gasteiger partial charge in [-0.25, -0.2) is 0 Å². The molecule has 0 amide bonds. The van der Waals surface area contributed by atoms with Crippen molar-refractivity contribution in [3.05, 3.63) is 35.2 Å². The largest absolute Gasteiger partial charge is 0.361 e. The summed E-state index contributed by atoms with van der Waals surface area (Å²) < 4.78 is 0. The number of nitrogens with one attached hydrogen (secondary N) is 1. The van der Waals surface area contributed by atoms with Gasteiger partial charge in [0.15, 0.2) is 0 Å². The number of rotatable bonds is 3. The van der Waals surface area contributed by atoms with Crippen LogP contribution in [-0.4, -0.2) is 4.98 Å². The predicted molar refractivity (Wildman–Crippen MR) is 73.4 cm³/mol. The van der Waals surface area contributed by atoms with Gasteiger partial charge in [0.25, 0.3) is 0 Å². The quantitative estimate of drug-likeness (QED) is 0.757. The van der Waals surface area contributed by atoms with Gasteiger partial charge in [-0.2, -0.15) is 0 Å². The molecule has 0 radical (unpaired) electrons. The summed E-state index contributed by atoms with van der Waals surface area (Å²) in [6, 6.07) is 0. The molecule has 1 aromatic heterocycles. The SMILES string of the molecule is C/C=C\c1[nH]cc(CC(C)(C)C)c1/C=C\C. The van der Waals surface area contributed by atoms with Gasteiger partial charge in [0, 0.05) is 17.5 Å². The summed E-state index contributed by atoms with van der Waals surface area (Å²) in [4.78, 5) is 3.34. The number of hydrogen-bond acceptors (Lipinski definition) is 0. The Balaban J connectivity index is 3.10. The summed E-state index contributed by atoms with van der Waals surface area (Å²) in [5.74, 6) is 0. The zero-order valence-corrected chi connectivity index (χ0v) is 11.1. The fraction of sp³-hybridized carbons (Fsp3) is 0.467. The van der Waals surface area contributed by atoms with E-state index in [0.29, 0.717) is 5.41 Å². The lowest BCUT2D eigenvalue weighted by Gasteiger charge is -2.17. The van der Waals surface area contributed by atoms with Crippen molar-refractivity contribution in [1.29, 1.82) is 0 Å². The molecule has 0 spiro atoms. The van der Waals surface area contributed by atoms with Crippen molar-refractivity contribution >= 4 is 12.2 Å². The molecule has 1 heteroatoms. The second-order valence-electron chi connectivity index (χ2n) is 5.38. The van der Waals surface area contributed by atoms with Crippen molar-refractivity contribution in [2.75, 3.05) is 0 Å². The van der Waals surface area contributed by atoms with Gasteiger partial charge in [-0.15, -0.1) is 0 Å². The van der Waals surface area contributed by atoms with Crippen LogP contribution in [0.15, 0.2) is 18.3 Å². The molecule has 0 aromatic carbocycles. The standard InChI is InChI=1S/C15H23N/c1-6-8-13-12(10-15(3,4)5)11-16-14(13)9-7-2/h6-9,11,16H,10H2,1-5H3/b8-6-,9-7-. The molecule has 0 bridgehead atoms. The van der Waals surface area contributed by atoms with Gasteiger partial charge in [0.05, 0.1) is 0 Å². The van der Waals surface area contributed by atoms with Crippen molar-refractivity contribution in [3.8, 4) is 0 Å². The van der Waals surface area contributed by atoms with Crippen LogP contribution in [0, 0.1) is 5.41 Å². The number of hydrogen-bond donors (Lipinski definition) is 1. The van der Waals surface area contributed by atoms with E-state index in [4.69, 9.17) is 0 Å². The van der Waals surface area contributed by atoms with E-state index >= 15 is 0 Å². The van der Waals surface area contributed by atoms with Crippen LogP contribution in [0.4, 0.5) is 0 Å². The molecule has 0 fully saturated rings. The lowest BCUT2D eigenvalue weighted by atomic mass is 9.87. The van der Waals surface area contributed by atoms with Gasteiger partial charge in [-0.1, -0.05) is 39.0 Å². The lowest BCUT2D eigenvalue weighted by Crippen LogP contribution is -2.09. The Morgan fingerprint density at radius 2 is 1.75 bits per heavy atom. The predicted octanol–water partition coefficient (Wildman–Crippen LogP) is 4.67. The highest BCUT2D eigenvalue weighted by Gasteiger charge is 2.15. The number of aromatic amines is 1. The summed E-state index contributed by atoms with van der Waals surface area (Å²) in [5.41, 5.74) is 4.26. The highest BCUT2D eigenvalue weighted by molar-refractivity contribution is 5.65. The fourth-order valence-electron chi connectivity index (χ4n) is 1.88. The molecule has 0 aliphatic heterocycles. The molecule has 0 aliphatic rings. The molecule has 88 valence electrons. The highest BCUT2D eigenvalue weighted by atomic mass is 14.7. The Bertz CT molecular complexity index is 386. The smallest absolute Gasteiger partial charge is 0.0453 e. The fourth-order valence-corrected chi connectivity index (χ4v) is 1.88. The van der Waals surface area contributed by atoms with Gasteiger partial charge < -0.3 is 4.98 Å². The summed E-state index contributed by atoms with van der Waals surface area (Å²) in [5, 5.41) is 0. The molecule has 1 heterocycles. The maximum atomic E-state index is 3.34. The van der Waals surface area contributed by atoms with E-state index in [0.717, 1.165) is 6.42 Å². The first kappa shape index (κ1) is 12.8. The van der Waals surface area contributed by atoms with Gasteiger partial charge in [-0.05, 0) is 37.3 Å². The molecular formula is C15H23N. The van der Waals surface area contributed by atoms with E-state index in [1.807, 2.05) is 6.92 Å². The van der Waals surface area contributed by atoms with E-state index < -0.39 is 0 Å². The molecular weight excluding hydrogens is 194 g/mol. The van der Waals surface area contributed by atoms with E-state index in [1.54, 1.807) is 0 Å². The topological polar surface area (TPSA) is 15.8 Å². The Kier molecular flexibility index (Phi) is 4.17. The Hall–Kier alpha value is -1.24. The molecule has 1 aromatic rings. The summed E-state index contributed by atoms with van der Waals surface area (Å²) in [6.07, 6.45) is 11.7. The molecule has 0 saturated carbocycles. The van der Waals surface area contributed by atoms with Crippen molar-refractivity contribution in [2.24, 2.45) is 5.41 Å². The molecule has 0 unspecified atom stereocenters. The first-order valence-corrected chi connectivity index (χ1v) is 5.93. The second kappa shape index (κ2) is 5.20. The monoisotopic (exact) mass is 217 g/mol. The third-order valence-corrected chi connectivity index (χ3v) is 2.43. The number of aromatic nitrogens is 1. The third kappa shape index (κ3) is 3.41. The van der Waals surface area contributed by atoms with Crippen LogP contribution in [0.3, 0.4) is 0 Å². The Morgan fingerprint density at radius 3 is 2.25 bits per heavy atom. The molecule has 1 N–H and O–H groups in total. The third-order valence-electron chi connectivity index (χ3n) is 2.43.